The highest BCUT2D eigenvalue weighted by molar-refractivity contribution is 5.99. The van der Waals surface area contributed by atoms with Crippen LogP contribution in [0.4, 0.5) is 5.69 Å². The van der Waals surface area contributed by atoms with Crippen molar-refractivity contribution < 1.29 is 28.4 Å². The van der Waals surface area contributed by atoms with E-state index in [0.717, 1.165) is 165 Å². The minimum Gasteiger partial charge on any atom is -0.489 e. The van der Waals surface area contributed by atoms with E-state index in [-0.39, 0.29) is 18.3 Å². The number of aryl methyl sites for hydroxylation is 1. The number of aromatic amines is 3. The number of pyridine rings is 3. The molecular weight excluding hydrogens is 1210 g/mol. The van der Waals surface area contributed by atoms with Gasteiger partial charge in [0.15, 0.2) is 0 Å². The molecule has 0 atom stereocenters. The molecule has 4 aliphatic heterocycles. The van der Waals surface area contributed by atoms with Crippen LogP contribution in [0.2, 0.25) is 0 Å². The molecule has 11 heterocycles. The molecule has 486 valence electrons. The first-order valence-corrected chi connectivity index (χ1v) is 33.1. The molecule has 19 heteroatoms. The Morgan fingerprint density at radius 3 is 1.16 bits per heavy atom. The van der Waals surface area contributed by atoms with Gasteiger partial charge in [-0.25, -0.2) is 15.0 Å². The molecular formula is C78H73N13O6. The number of nitrogens with zero attached hydrogens (tertiary/aromatic N) is 10. The number of anilines is 1. The smallest absolute Gasteiger partial charge is 0.138 e. The molecule has 97 heavy (non-hydrogen) atoms. The second-order valence-electron chi connectivity index (χ2n) is 24.8. The molecule has 4 saturated heterocycles. The summed E-state index contributed by atoms with van der Waals surface area (Å²) in [4.78, 5) is 28.6. The third-order valence-electron chi connectivity index (χ3n) is 18.4. The van der Waals surface area contributed by atoms with E-state index >= 15 is 0 Å². The van der Waals surface area contributed by atoms with Crippen LogP contribution in [0.3, 0.4) is 0 Å². The fourth-order valence-corrected chi connectivity index (χ4v) is 13.0. The molecule has 0 aliphatic carbocycles. The molecule has 5 aromatic carbocycles. The molecule has 4 fully saturated rings. The molecule has 0 saturated carbocycles. The van der Waals surface area contributed by atoms with Crippen LogP contribution >= 0.6 is 0 Å². The van der Waals surface area contributed by atoms with Crippen molar-refractivity contribution in [3.05, 3.63) is 193 Å². The van der Waals surface area contributed by atoms with Gasteiger partial charge < -0.3 is 53.2 Å². The maximum absolute atomic E-state index is 9.84. The molecule has 7 aromatic heterocycles. The number of nitriles is 3. The monoisotopic (exact) mass is 1290 g/mol. The van der Waals surface area contributed by atoms with Crippen molar-refractivity contribution in [2.75, 3.05) is 77.8 Å². The zero-order valence-corrected chi connectivity index (χ0v) is 54.2. The summed E-state index contributed by atoms with van der Waals surface area (Å²) in [6.07, 6.45) is 14.5. The van der Waals surface area contributed by atoms with E-state index in [2.05, 4.69) is 125 Å². The van der Waals surface area contributed by atoms with Gasteiger partial charge >= 0.3 is 0 Å². The first kappa shape index (κ1) is 63.3. The number of nitrogens with one attached hydrogen (secondary N) is 3. The lowest BCUT2D eigenvalue weighted by atomic mass is 10.0. The lowest BCUT2D eigenvalue weighted by Gasteiger charge is -2.34. The maximum atomic E-state index is 9.84. The quantitative estimate of drug-likeness (QED) is 0.0973. The molecule has 0 radical (unpaired) electrons. The maximum Gasteiger partial charge on any atom is 0.138 e. The number of benzene rings is 5. The summed E-state index contributed by atoms with van der Waals surface area (Å²) in [6, 6.07) is 55.6. The van der Waals surface area contributed by atoms with E-state index < -0.39 is 0 Å². The summed E-state index contributed by atoms with van der Waals surface area (Å²) in [5.74, 6) is 1.90. The second-order valence-corrected chi connectivity index (χ2v) is 24.8. The molecule has 0 spiro atoms. The van der Waals surface area contributed by atoms with Gasteiger partial charge in [0, 0.05) is 135 Å². The Balaban J connectivity index is 0.000000126. The Morgan fingerprint density at radius 1 is 0.423 bits per heavy atom. The summed E-state index contributed by atoms with van der Waals surface area (Å²) in [6.45, 7) is 8.51. The number of piperazine rings is 1. The lowest BCUT2D eigenvalue weighted by molar-refractivity contribution is 0.0252. The van der Waals surface area contributed by atoms with E-state index in [1.165, 1.54) is 5.69 Å². The normalized spacial score (nSPS) is 15.6. The largest absolute Gasteiger partial charge is 0.489 e. The van der Waals surface area contributed by atoms with Gasteiger partial charge in [0.2, 0.25) is 0 Å². The Bertz CT molecular complexity index is 4860. The van der Waals surface area contributed by atoms with Gasteiger partial charge in [-0.15, -0.1) is 0 Å². The van der Waals surface area contributed by atoms with Crippen LogP contribution in [0, 0.1) is 34.0 Å². The summed E-state index contributed by atoms with van der Waals surface area (Å²) in [5, 5.41) is 36.6. The minimum absolute atomic E-state index is 0.0919. The topological polar surface area (TPSA) is 237 Å². The van der Waals surface area contributed by atoms with Crippen LogP contribution in [0.15, 0.2) is 177 Å². The van der Waals surface area contributed by atoms with Gasteiger partial charge in [-0.1, -0.05) is 60.7 Å². The van der Waals surface area contributed by atoms with Crippen LogP contribution in [0.1, 0.15) is 55.2 Å². The third-order valence-corrected chi connectivity index (χ3v) is 18.4. The predicted octanol–water partition coefficient (Wildman–Crippen LogP) is 14.5. The number of aromatic nitrogens is 8. The van der Waals surface area contributed by atoms with E-state index in [9.17, 15) is 15.8 Å². The molecule has 12 aromatic rings. The lowest BCUT2D eigenvalue weighted by Crippen LogP contribution is -2.44. The van der Waals surface area contributed by atoms with E-state index in [4.69, 9.17) is 28.4 Å². The van der Waals surface area contributed by atoms with Crippen LogP contribution in [-0.4, -0.2) is 136 Å². The highest BCUT2D eigenvalue weighted by atomic mass is 16.5. The number of likely N-dealkylation sites (N-methyl/N-ethyl adjacent to an activating group) is 1. The fourth-order valence-electron chi connectivity index (χ4n) is 13.0. The number of hydrogen-bond donors (Lipinski definition) is 3. The number of fused-ring (bicyclic) bond motifs is 3. The van der Waals surface area contributed by atoms with Gasteiger partial charge in [0.25, 0.3) is 0 Å². The molecule has 0 amide bonds. The number of ether oxygens (including phenoxy) is 6. The molecule has 19 nitrogen and oxygen atoms in total. The molecule has 4 aliphatic rings. The average Bonchev–Trinajstić information content (AvgIpc) is 1.71. The average molecular weight is 1290 g/mol. The van der Waals surface area contributed by atoms with Crippen LogP contribution in [0.5, 0.6) is 17.2 Å². The third kappa shape index (κ3) is 14.5. The van der Waals surface area contributed by atoms with Crippen molar-refractivity contribution in [3.63, 3.8) is 0 Å². The first-order valence-electron chi connectivity index (χ1n) is 33.1. The van der Waals surface area contributed by atoms with Crippen molar-refractivity contribution in [1.82, 2.24) is 44.6 Å². The SMILES string of the molecule is CN1CCN(c2ccc(-c3cc4c(-c5ccc(OC6CCOCC6)c(C#N)c5)ccnc4[nH]3)cc2)CC1.Cn1cc(-c2cc3c(-c4ccc(OC5CCOCC5)c(C#N)c4)ccnc3[nH]2)cn1.N#Cc1cc(-c2ccnc3[nH]c(-c4ccccc4)cc23)ccc1OC1CCOCC1. The Kier molecular flexibility index (Phi) is 19.1. The fraction of sp³-hybridized carbons (Fsp3) is 0.269. The summed E-state index contributed by atoms with van der Waals surface area (Å²) >= 11 is 0. The highest BCUT2D eigenvalue weighted by Gasteiger charge is 2.23. The Morgan fingerprint density at radius 2 is 0.794 bits per heavy atom. The summed E-state index contributed by atoms with van der Waals surface area (Å²) in [7, 11) is 4.07. The van der Waals surface area contributed by atoms with Crippen molar-refractivity contribution in [2.24, 2.45) is 7.05 Å². The van der Waals surface area contributed by atoms with Gasteiger partial charge in [-0.3, -0.25) is 4.68 Å². The van der Waals surface area contributed by atoms with Gasteiger partial charge in [0.05, 0.1) is 68.2 Å². The predicted molar refractivity (Wildman–Crippen MR) is 375 cm³/mol. The van der Waals surface area contributed by atoms with Crippen molar-refractivity contribution in [1.29, 1.82) is 15.8 Å². The Labute approximate surface area is 562 Å². The highest BCUT2D eigenvalue weighted by Crippen LogP contribution is 2.39. The van der Waals surface area contributed by atoms with Crippen LogP contribution < -0.4 is 19.1 Å². The van der Waals surface area contributed by atoms with Crippen molar-refractivity contribution in [2.45, 2.75) is 56.8 Å². The molecule has 0 bridgehead atoms. The van der Waals surface area contributed by atoms with Gasteiger partial charge in [-0.2, -0.15) is 20.9 Å². The van der Waals surface area contributed by atoms with Gasteiger partial charge in [-0.05, 0) is 136 Å². The molecule has 16 rings (SSSR count). The minimum atomic E-state index is 0.0919. The van der Waals surface area contributed by atoms with Crippen LogP contribution in [-0.2, 0) is 21.3 Å². The molecule has 3 N–H and O–H groups in total. The summed E-state index contributed by atoms with van der Waals surface area (Å²) < 4.78 is 36.3. The van der Waals surface area contributed by atoms with E-state index in [1.54, 1.807) is 17.1 Å². The standard InChI is InChI=1S/C30H31N5O2.C25H21N3O2.C23H21N5O2/c1-34-12-14-35(15-13-34)24-5-2-21(3-6-24)28-19-27-26(8-11-32-30(27)33-28)22-4-7-29(23(18-22)20-31)37-25-9-16-36-17-10-25;26-16-19-14-18(6-7-24(19)30-20-9-12-29-13-10-20)21-8-11-27-25-22(21)15-23(28-25)17-4-2-1-3-5-17;1-28-14-17(13-26-28)21-11-20-19(4-7-25-23(20)27-21)15-2-3-22(16(10-15)12-24)30-18-5-8-29-9-6-18/h2-8,11,18-19,25H,9-10,12-17H2,1H3,(H,32,33);1-8,11,14-15,20H,9-10,12-13H2,(H,27,28);2-4,7,10-11,13-14,18H,5-6,8-9H2,1H3,(H,25,27). The van der Waals surface area contributed by atoms with Gasteiger partial charge in [0.1, 0.15) is 70.7 Å². The summed E-state index contributed by atoms with van der Waals surface area (Å²) in [5.41, 5.74) is 17.6. The molecule has 0 unspecified atom stereocenters. The second kappa shape index (κ2) is 29.3. The number of rotatable bonds is 13. The number of hydrogen-bond acceptors (Lipinski definition) is 15. The van der Waals surface area contributed by atoms with E-state index in [0.29, 0.717) is 73.6 Å². The van der Waals surface area contributed by atoms with Crippen molar-refractivity contribution in [3.8, 4) is 103 Å². The zero-order valence-electron chi connectivity index (χ0n) is 54.2. The number of H-pyrrole nitrogens is 3. The van der Waals surface area contributed by atoms with E-state index in [1.807, 2.05) is 117 Å². The van der Waals surface area contributed by atoms with Crippen molar-refractivity contribution >= 4 is 38.8 Å². The zero-order chi connectivity index (χ0) is 66.0. The first-order chi connectivity index (χ1) is 47.7. The Hall–Kier alpha value is -11.1. The van der Waals surface area contributed by atoms with Crippen LogP contribution in [0.25, 0.3) is 100 Å².